The summed E-state index contributed by atoms with van der Waals surface area (Å²) in [5.74, 6) is -0.120. The van der Waals surface area contributed by atoms with E-state index in [0.717, 1.165) is 8.45 Å². The maximum absolute atomic E-state index is 11.2. The first kappa shape index (κ1) is 12.0. The van der Waals surface area contributed by atoms with Crippen molar-refractivity contribution in [3.63, 3.8) is 0 Å². The Bertz CT molecular complexity index is 605. The summed E-state index contributed by atoms with van der Waals surface area (Å²) in [4.78, 5) is 11.2. The molecule has 0 radical (unpaired) electrons. The van der Waals surface area contributed by atoms with Gasteiger partial charge >= 0.3 is 5.97 Å². The molecule has 18 heavy (non-hydrogen) atoms. The fourth-order valence-electron chi connectivity index (χ4n) is 1.82. The minimum Gasteiger partial charge on any atom is -0.481 e. The predicted molar refractivity (Wildman–Crippen MR) is 73.1 cm³/mol. The third-order valence-electron chi connectivity index (χ3n) is 3.12. The van der Waals surface area contributed by atoms with Crippen LogP contribution in [0.3, 0.4) is 0 Å². The van der Waals surface area contributed by atoms with Crippen LogP contribution in [0.2, 0.25) is 0 Å². The van der Waals surface area contributed by atoms with Crippen LogP contribution in [-0.4, -0.2) is 31.3 Å². The lowest BCUT2D eigenvalue weighted by molar-refractivity contribution is -0.144. The topological polar surface area (TPSA) is 80.9 Å². The Morgan fingerprint density at radius 1 is 1.61 bits per heavy atom. The van der Waals surface area contributed by atoms with Crippen molar-refractivity contribution in [2.24, 2.45) is 5.41 Å². The van der Waals surface area contributed by atoms with Crippen LogP contribution in [0.15, 0.2) is 11.4 Å². The summed E-state index contributed by atoms with van der Waals surface area (Å²) >= 11 is 3.85. The summed E-state index contributed by atoms with van der Waals surface area (Å²) in [5.41, 5.74) is 0.281. The van der Waals surface area contributed by atoms with E-state index in [1.165, 1.54) is 0 Å². The van der Waals surface area contributed by atoms with Crippen molar-refractivity contribution >= 4 is 39.9 Å². The van der Waals surface area contributed by atoms with Crippen molar-refractivity contribution in [3.05, 3.63) is 14.3 Å². The van der Waals surface area contributed by atoms with E-state index in [2.05, 4.69) is 38.1 Å². The van der Waals surface area contributed by atoms with Gasteiger partial charge in [0, 0.05) is 10.9 Å². The zero-order valence-electron chi connectivity index (χ0n) is 9.21. The van der Waals surface area contributed by atoms with Gasteiger partial charge in [0.25, 0.3) is 0 Å². The lowest BCUT2D eigenvalue weighted by atomic mass is 10.1. The van der Waals surface area contributed by atoms with E-state index < -0.39 is 11.4 Å². The largest absolute Gasteiger partial charge is 0.481 e. The number of hydrogen-bond donors (Lipinski definition) is 1. The van der Waals surface area contributed by atoms with Crippen molar-refractivity contribution in [1.82, 2.24) is 20.2 Å². The molecule has 3 rings (SSSR count). The molecule has 1 fully saturated rings. The summed E-state index contributed by atoms with van der Waals surface area (Å²) in [6.45, 7) is 0.344. The number of aliphatic carboxylic acids is 1. The number of thiophene rings is 1. The van der Waals surface area contributed by atoms with Gasteiger partial charge in [-0.3, -0.25) is 4.79 Å². The van der Waals surface area contributed by atoms with E-state index in [1.807, 2.05) is 11.4 Å². The van der Waals surface area contributed by atoms with Crippen LogP contribution in [0, 0.1) is 8.30 Å². The van der Waals surface area contributed by atoms with Gasteiger partial charge in [-0.15, -0.1) is 16.4 Å². The maximum Gasteiger partial charge on any atom is 0.311 e. The highest BCUT2D eigenvalue weighted by atomic mass is 127. The first-order valence-corrected chi connectivity index (χ1v) is 7.31. The zero-order valence-corrected chi connectivity index (χ0v) is 12.2. The molecule has 94 valence electrons. The van der Waals surface area contributed by atoms with Crippen LogP contribution < -0.4 is 0 Å². The van der Waals surface area contributed by atoms with Gasteiger partial charge in [-0.05, 0) is 51.9 Å². The average molecular weight is 376 g/mol. The van der Waals surface area contributed by atoms with Crippen molar-refractivity contribution in [2.45, 2.75) is 19.4 Å². The molecule has 1 aliphatic carbocycles. The number of halogens is 1. The van der Waals surface area contributed by atoms with E-state index in [4.69, 9.17) is 0 Å². The lowest BCUT2D eigenvalue weighted by Crippen LogP contribution is -2.22. The molecule has 2 heterocycles. The van der Waals surface area contributed by atoms with Crippen LogP contribution >= 0.6 is 33.9 Å². The molecular weight excluding hydrogens is 367 g/mol. The molecule has 0 spiro atoms. The molecule has 0 saturated heterocycles. The highest BCUT2D eigenvalue weighted by molar-refractivity contribution is 14.1. The van der Waals surface area contributed by atoms with Gasteiger partial charge in [-0.2, -0.15) is 0 Å². The van der Waals surface area contributed by atoms with Crippen LogP contribution in [0.1, 0.15) is 12.8 Å². The number of carboxylic acids is 1. The molecule has 6 nitrogen and oxygen atoms in total. The Kier molecular flexibility index (Phi) is 2.85. The Balaban J connectivity index is 1.91. The molecule has 1 aliphatic rings. The van der Waals surface area contributed by atoms with Gasteiger partial charge in [-0.25, -0.2) is 4.68 Å². The van der Waals surface area contributed by atoms with E-state index in [9.17, 15) is 9.90 Å². The van der Waals surface area contributed by atoms with Crippen molar-refractivity contribution < 1.29 is 9.90 Å². The number of carboxylic acid groups (broad SMARTS) is 1. The standard InChI is InChI=1S/C10H9IN4O2S/c11-7-3-6(4-18-7)8-12-13-14-15(8)5-10(1-2-10)9(16)17/h3-4H,1-2,5H2,(H,16,17). The summed E-state index contributed by atoms with van der Waals surface area (Å²) in [6.07, 6.45) is 1.39. The monoisotopic (exact) mass is 376 g/mol. The Labute approximate surface area is 120 Å². The lowest BCUT2D eigenvalue weighted by Gasteiger charge is -2.09. The smallest absolute Gasteiger partial charge is 0.311 e. The molecule has 2 aromatic heterocycles. The number of nitrogens with zero attached hydrogens (tertiary/aromatic N) is 4. The van der Waals surface area contributed by atoms with Gasteiger partial charge in [-0.1, -0.05) is 0 Å². The van der Waals surface area contributed by atoms with E-state index in [0.29, 0.717) is 25.2 Å². The molecule has 0 aromatic carbocycles. The van der Waals surface area contributed by atoms with Gasteiger partial charge in [0.1, 0.15) is 0 Å². The molecule has 1 N–H and O–H groups in total. The van der Waals surface area contributed by atoms with Crippen LogP contribution in [0.4, 0.5) is 0 Å². The first-order chi connectivity index (χ1) is 8.61. The third kappa shape index (κ3) is 2.03. The highest BCUT2D eigenvalue weighted by Gasteiger charge is 2.51. The van der Waals surface area contributed by atoms with E-state index in [-0.39, 0.29) is 0 Å². The second kappa shape index (κ2) is 4.26. The minimum absolute atomic E-state index is 0.344. The van der Waals surface area contributed by atoms with Gasteiger partial charge in [0.15, 0.2) is 5.82 Å². The van der Waals surface area contributed by atoms with E-state index in [1.54, 1.807) is 16.0 Å². The van der Waals surface area contributed by atoms with Gasteiger partial charge < -0.3 is 5.11 Å². The fourth-order valence-corrected chi connectivity index (χ4v) is 3.15. The first-order valence-electron chi connectivity index (χ1n) is 5.35. The third-order valence-corrected chi connectivity index (χ3v) is 4.91. The van der Waals surface area contributed by atoms with Crippen LogP contribution in [0.25, 0.3) is 11.4 Å². The number of tetrazole rings is 1. The second-order valence-electron chi connectivity index (χ2n) is 4.39. The average Bonchev–Trinajstić information content (AvgIpc) is 2.76. The number of rotatable bonds is 4. The van der Waals surface area contributed by atoms with Gasteiger partial charge in [0.05, 0.1) is 14.8 Å². The Hall–Kier alpha value is -1.03. The number of carbonyl (C=O) groups is 1. The molecule has 8 heteroatoms. The summed E-state index contributed by atoms with van der Waals surface area (Å²) < 4.78 is 2.75. The molecule has 0 bridgehead atoms. The molecule has 1 saturated carbocycles. The maximum atomic E-state index is 11.2. The summed E-state index contributed by atoms with van der Waals surface area (Å²) in [6, 6.07) is 1.99. The predicted octanol–water partition coefficient (Wildman–Crippen LogP) is 1.87. The van der Waals surface area contributed by atoms with Crippen molar-refractivity contribution in [1.29, 1.82) is 0 Å². The van der Waals surface area contributed by atoms with Crippen LogP contribution in [0.5, 0.6) is 0 Å². The quantitative estimate of drug-likeness (QED) is 0.825. The van der Waals surface area contributed by atoms with Crippen molar-refractivity contribution in [3.8, 4) is 11.4 Å². The molecular formula is C10H9IN4O2S. The molecule has 0 unspecified atom stereocenters. The Morgan fingerprint density at radius 2 is 2.39 bits per heavy atom. The second-order valence-corrected chi connectivity index (χ2v) is 7.19. The van der Waals surface area contributed by atoms with Crippen LogP contribution in [-0.2, 0) is 11.3 Å². The molecule has 2 aromatic rings. The minimum atomic E-state index is -0.760. The van der Waals surface area contributed by atoms with Crippen molar-refractivity contribution in [2.75, 3.05) is 0 Å². The number of aromatic nitrogens is 4. The fraction of sp³-hybridized carbons (Fsp3) is 0.400. The molecule has 0 atom stereocenters. The highest BCUT2D eigenvalue weighted by Crippen LogP contribution is 2.47. The zero-order chi connectivity index (χ0) is 12.8. The van der Waals surface area contributed by atoms with Gasteiger partial charge in [0.2, 0.25) is 0 Å². The summed E-state index contributed by atoms with van der Waals surface area (Å²) in [7, 11) is 0. The molecule has 0 aliphatic heterocycles. The Morgan fingerprint density at radius 3 is 2.94 bits per heavy atom. The van der Waals surface area contributed by atoms with E-state index >= 15 is 0 Å². The molecule has 0 amide bonds. The normalized spacial score (nSPS) is 16.7. The summed E-state index contributed by atoms with van der Waals surface area (Å²) in [5, 5.41) is 22.7. The SMILES string of the molecule is O=C(O)C1(Cn2nnnc2-c2csc(I)c2)CC1. The number of hydrogen-bond acceptors (Lipinski definition) is 5.